The van der Waals surface area contributed by atoms with E-state index in [1.54, 1.807) is 12.1 Å². The second-order valence-corrected chi connectivity index (χ2v) is 4.72. The molecule has 0 spiro atoms. The normalized spacial score (nSPS) is 21.4. The van der Waals surface area contributed by atoms with E-state index in [0.717, 1.165) is 31.7 Å². The highest BCUT2D eigenvalue weighted by atomic mass is 19.4. The van der Waals surface area contributed by atoms with Crippen LogP contribution in [0.1, 0.15) is 12.5 Å². The molecule has 1 aliphatic heterocycles. The average Bonchev–Trinajstić information content (AvgIpc) is 2.33. The molecule has 0 aliphatic carbocycles. The predicted molar refractivity (Wildman–Crippen MR) is 65.9 cm³/mol. The number of nitrogens with one attached hydrogen (secondary N) is 1. The van der Waals surface area contributed by atoms with E-state index in [-0.39, 0.29) is 5.75 Å². The fourth-order valence-electron chi connectivity index (χ4n) is 2.15. The number of hydrogen-bond acceptors (Lipinski definition) is 3. The molecule has 19 heavy (non-hydrogen) atoms. The number of rotatable bonds is 3. The molecular weight excluding hydrogens is 257 g/mol. The molecule has 1 N–H and O–H groups in total. The topological polar surface area (TPSA) is 24.5 Å². The smallest absolute Gasteiger partial charge is 0.406 e. The van der Waals surface area contributed by atoms with E-state index >= 15 is 0 Å². The predicted octanol–water partition coefficient (Wildman–Crippen LogP) is 2.38. The molecular formula is C13H17F3N2O. The van der Waals surface area contributed by atoms with Crippen molar-refractivity contribution < 1.29 is 17.9 Å². The van der Waals surface area contributed by atoms with Gasteiger partial charge in [-0.1, -0.05) is 12.1 Å². The molecule has 1 fully saturated rings. The van der Waals surface area contributed by atoms with E-state index < -0.39 is 6.36 Å². The highest BCUT2D eigenvalue weighted by Gasteiger charge is 2.31. The van der Waals surface area contributed by atoms with Crippen molar-refractivity contribution in [2.75, 3.05) is 19.6 Å². The minimum atomic E-state index is -4.63. The van der Waals surface area contributed by atoms with Crippen LogP contribution >= 0.6 is 0 Å². The van der Waals surface area contributed by atoms with Crippen LogP contribution in [0.3, 0.4) is 0 Å². The number of alkyl halides is 3. The number of ether oxygens (including phenoxy) is 1. The monoisotopic (exact) mass is 274 g/mol. The first-order valence-corrected chi connectivity index (χ1v) is 6.23. The van der Waals surface area contributed by atoms with Gasteiger partial charge in [0, 0.05) is 32.2 Å². The van der Waals surface area contributed by atoms with Crippen LogP contribution in [0.15, 0.2) is 24.3 Å². The quantitative estimate of drug-likeness (QED) is 0.916. The fourth-order valence-corrected chi connectivity index (χ4v) is 2.15. The molecule has 1 heterocycles. The first-order chi connectivity index (χ1) is 8.94. The molecule has 1 aromatic carbocycles. The Kier molecular flexibility index (Phi) is 4.31. The van der Waals surface area contributed by atoms with Gasteiger partial charge >= 0.3 is 6.36 Å². The van der Waals surface area contributed by atoms with Crippen LogP contribution in [0, 0.1) is 0 Å². The van der Waals surface area contributed by atoms with Crippen molar-refractivity contribution in [2.45, 2.75) is 25.9 Å². The molecule has 0 amide bonds. The average molecular weight is 274 g/mol. The van der Waals surface area contributed by atoms with Gasteiger partial charge in [0.2, 0.25) is 0 Å². The van der Waals surface area contributed by atoms with Crippen molar-refractivity contribution in [1.29, 1.82) is 0 Å². The van der Waals surface area contributed by atoms with Crippen LogP contribution in [-0.2, 0) is 6.54 Å². The van der Waals surface area contributed by atoms with Crippen molar-refractivity contribution in [3.63, 3.8) is 0 Å². The summed E-state index contributed by atoms with van der Waals surface area (Å²) in [4.78, 5) is 2.30. The third-order valence-corrected chi connectivity index (χ3v) is 3.18. The molecule has 0 aromatic heterocycles. The summed E-state index contributed by atoms with van der Waals surface area (Å²) in [5.74, 6) is -0.176. The highest BCUT2D eigenvalue weighted by Crippen LogP contribution is 2.23. The summed E-state index contributed by atoms with van der Waals surface area (Å²) >= 11 is 0. The third-order valence-electron chi connectivity index (χ3n) is 3.18. The van der Waals surface area contributed by atoms with Gasteiger partial charge in [-0.2, -0.15) is 0 Å². The zero-order valence-electron chi connectivity index (χ0n) is 10.7. The van der Waals surface area contributed by atoms with Crippen molar-refractivity contribution in [2.24, 2.45) is 0 Å². The molecule has 1 saturated heterocycles. The van der Waals surface area contributed by atoms with Gasteiger partial charge in [0.05, 0.1) is 0 Å². The van der Waals surface area contributed by atoms with Crippen LogP contribution in [0.2, 0.25) is 0 Å². The second kappa shape index (κ2) is 5.79. The van der Waals surface area contributed by atoms with Gasteiger partial charge in [0.1, 0.15) is 5.75 Å². The summed E-state index contributed by atoms with van der Waals surface area (Å²) in [5, 5.41) is 3.30. The van der Waals surface area contributed by atoms with E-state index in [2.05, 4.69) is 21.9 Å². The Morgan fingerprint density at radius 3 is 2.58 bits per heavy atom. The van der Waals surface area contributed by atoms with Crippen LogP contribution in [0.4, 0.5) is 13.2 Å². The second-order valence-electron chi connectivity index (χ2n) is 4.72. The van der Waals surface area contributed by atoms with Crippen LogP contribution < -0.4 is 10.1 Å². The minimum Gasteiger partial charge on any atom is -0.406 e. The van der Waals surface area contributed by atoms with Gasteiger partial charge < -0.3 is 10.1 Å². The van der Waals surface area contributed by atoms with Crippen LogP contribution in [0.5, 0.6) is 5.75 Å². The van der Waals surface area contributed by atoms with Gasteiger partial charge in [-0.25, -0.2) is 0 Å². The molecule has 1 aliphatic rings. The SMILES string of the molecule is C[C@H]1CNCCN1Cc1ccc(OC(F)(F)F)cc1. The Bertz CT molecular complexity index is 405. The highest BCUT2D eigenvalue weighted by molar-refractivity contribution is 5.27. The summed E-state index contributed by atoms with van der Waals surface area (Å²) in [7, 11) is 0. The van der Waals surface area contributed by atoms with Gasteiger partial charge in [0.15, 0.2) is 0 Å². The number of halogens is 3. The van der Waals surface area contributed by atoms with Crippen LogP contribution in [-0.4, -0.2) is 36.9 Å². The van der Waals surface area contributed by atoms with E-state index in [4.69, 9.17) is 0 Å². The minimum absolute atomic E-state index is 0.176. The maximum absolute atomic E-state index is 12.0. The number of nitrogens with zero attached hydrogens (tertiary/aromatic N) is 1. The largest absolute Gasteiger partial charge is 0.573 e. The number of hydrogen-bond donors (Lipinski definition) is 1. The van der Waals surface area contributed by atoms with E-state index in [1.807, 2.05) is 0 Å². The van der Waals surface area contributed by atoms with Crippen molar-refractivity contribution in [3.8, 4) is 5.75 Å². The molecule has 0 radical (unpaired) electrons. The molecule has 1 aromatic rings. The number of piperazine rings is 1. The van der Waals surface area contributed by atoms with E-state index in [1.165, 1.54) is 12.1 Å². The third kappa shape index (κ3) is 4.40. The molecule has 0 saturated carbocycles. The summed E-state index contributed by atoms with van der Waals surface area (Å²) in [6.07, 6.45) is -4.63. The lowest BCUT2D eigenvalue weighted by Crippen LogP contribution is -2.49. The zero-order valence-corrected chi connectivity index (χ0v) is 10.7. The maximum Gasteiger partial charge on any atom is 0.573 e. The van der Waals surface area contributed by atoms with Gasteiger partial charge in [-0.3, -0.25) is 4.90 Å². The molecule has 106 valence electrons. The summed E-state index contributed by atoms with van der Waals surface area (Å²) in [6.45, 7) is 5.71. The van der Waals surface area contributed by atoms with Crippen molar-refractivity contribution in [1.82, 2.24) is 10.2 Å². The van der Waals surface area contributed by atoms with E-state index in [0.29, 0.717) is 6.04 Å². The lowest BCUT2D eigenvalue weighted by Gasteiger charge is -2.33. The van der Waals surface area contributed by atoms with Crippen molar-refractivity contribution in [3.05, 3.63) is 29.8 Å². The molecule has 3 nitrogen and oxygen atoms in total. The summed E-state index contributed by atoms with van der Waals surface area (Å²) < 4.78 is 39.9. The Balaban J connectivity index is 1.94. The van der Waals surface area contributed by atoms with Crippen molar-refractivity contribution >= 4 is 0 Å². The lowest BCUT2D eigenvalue weighted by molar-refractivity contribution is -0.274. The fraction of sp³-hybridized carbons (Fsp3) is 0.538. The zero-order chi connectivity index (χ0) is 13.9. The van der Waals surface area contributed by atoms with Gasteiger partial charge in [0.25, 0.3) is 0 Å². The molecule has 0 unspecified atom stereocenters. The standard InChI is InChI=1S/C13H17F3N2O/c1-10-8-17-6-7-18(10)9-11-2-4-12(5-3-11)19-13(14,15)16/h2-5,10,17H,6-9H2,1H3/t10-/m0/s1. The van der Waals surface area contributed by atoms with Gasteiger partial charge in [-0.05, 0) is 24.6 Å². The molecule has 6 heteroatoms. The first kappa shape index (κ1) is 14.1. The molecule has 0 bridgehead atoms. The Labute approximate surface area is 110 Å². The van der Waals surface area contributed by atoms with E-state index in [9.17, 15) is 13.2 Å². The number of benzene rings is 1. The maximum atomic E-state index is 12.0. The Morgan fingerprint density at radius 1 is 1.32 bits per heavy atom. The van der Waals surface area contributed by atoms with Gasteiger partial charge in [-0.15, -0.1) is 13.2 Å². The van der Waals surface area contributed by atoms with Crippen LogP contribution in [0.25, 0.3) is 0 Å². The first-order valence-electron chi connectivity index (χ1n) is 6.23. The molecule has 1 atom stereocenters. The molecule has 2 rings (SSSR count). The Hall–Kier alpha value is -1.27. The summed E-state index contributed by atoms with van der Waals surface area (Å²) in [5.41, 5.74) is 0.989. The summed E-state index contributed by atoms with van der Waals surface area (Å²) in [6, 6.07) is 6.50. The lowest BCUT2D eigenvalue weighted by atomic mass is 10.1. The Morgan fingerprint density at radius 2 is 2.00 bits per heavy atom.